The molecule has 1 heterocycles. The minimum Gasteiger partial charge on any atom is -0.393 e. The Hall–Kier alpha value is -1.10. The van der Waals surface area contributed by atoms with Crippen LogP contribution in [0.5, 0.6) is 0 Å². The maximum Gasteiger partial charge on any atom is 0.251 e. The first-order chi connectivity index (χ1) is 9.65. The van der Waals surface area contributed by atoms with Gasteiger partial charge in [0.2, 0.25) is 0 Å². The van der Waals surface area contributed by atoms with Gasteiger partial charge in [-0.25, -0.2) is 0 Å². The summed E-state index contributed by atoms with van der Waals surface area (Å²) in [5.41, 5.74) is 0.596. The molecule has 0 radical (unpaired) electrons. The zero-order valence-corrected chi connectivity index (χ0v) is 12.3. The van der Waals surface area contributed by atoms with Crippen molar-refractivity contribution in [2.45, 2.75) is 25.4 Å². The fourth-order valence-corrected chi connectivity index (χ4v) is 2.57. The second-order valence-corrected chi connectivity index (χ2v) is 5.63. The number of nitrogens with one attached hydrogen (secondary N) is 1. The molecule has 0 aromatic heterocycles. The number of rotatable bonds is 5. The van der Waals surface area contributed by atoms with Gasteiger partial charge < -0.3 is 15.3 Å². The van der Waals surface area contributed by atoms with Crippen molar-refractivity contribution < 1.29 is 9.90 Å². The van der Waals surface area contributed by atoms with Gasteiger partial charge in [0.05, 0.1) is 6.10 Å². The van der Waals surface area contributed by atoms with Crippen LogP contribution < -0.4 is 5.32 Å². The summed E-state index contributed by atoms with van der Waals surface area (Å²) in [4.78, 5) is 14.2. The number of likely N-dealkylation sites (tertiary alicyclic amines) is 1. The van der Waals surface area contributed by atoms with Gasteiger partial charge in [0.25, 0.3) is 5.91 Å². The fourth-order valence-electron chi connectivity index (χ4n) is 2.38. The maximum absolute atomic E-state index is 11.9. The summed E-state index contributed by atoms with van der Waals surface area (Å²) >= 11 is 5.86. The maximum atomic E-state index is 11.9. The van der Waals surface area contributed by atoms with Gasteiger partial charge in [-0.1, -0.05) is 17.7 Å². The molecule has 20 heavy (non-hydrogen) atoms. The van der Waals surface area contributed by atoms with E-state index < -0.39 is 0 Å². The van der Waals surface area contributed by atoms with Gasteiger partial charge in [0, 0.05) is 30.2 Å². The van der Waals surface area contributed by atoms with E-state index in [-0.39, 0.29) is 12.0 Å². The van der Waals surface area contributed by atoms with Crippen LogP contribution in [0.25, 0.3) is 0 Å². The van der Waals surface area contributed by atoms with E-state index in [1.165, 1.54) is 0 Å². The van der Waals surface area contributed by atoms with Crippen LogP contribution in [-0.2, 0) is 0 Å². The number of amides is 1. The molecular formula is C15H21ClN2O2. The van der Waals surface area contributed by atoms with Crippen LogP contribution in [0.2, 0.25) is 5.02 Å². The molecule has 0 bridgehead atoms. The molecule has 1 aliphatic rings. The van der Waals surface area contributed by atoms with E-state index in [1.54, 1.807) is 24.3 Å². The molecule has 2 N–H and O–H groups in total. The predicted molar refractivity (Wildman–Crippen MR) is 80.1 cm³/mol. The fraction of sp³-hybridized carbons (Fsp3) is 0.533. The van der Waals surface area contributed by atoms with Gasteiger partial charge in [-0.15, -0.1) is 0 Å². The summed E-state index contributed by atoms with van der Waals surface area (Å²) in [7, 11) is 0. The molecule has 0 saturated carbocycles. The molecule has 1 amide bonds. The average Bonchev–Trinajstić information content (AvgIpc) is 2.45. The van der Waals surface area contributed by atoms with Gasteiger partial charge in [-0.3, -0.25) is 4.79 Å². The van der Waals surface area contributed by atoms with E-state index in [0.717, 1.165) is 38.9 Å². The number of halogens is 1. The van der Waals surface area contributed by atoms with Crippen LogP contribution >= 0.6 is 11.6 Å². The third kappa shape index (κ3) is 4.78. The Morgan fingerprint density at radius 3 is 2.85 bits per heavy atom. The van der Waals surface area contributed by atoms with Crippen LogP contribution in [-0.4, -0.2) is 48.2 Å². The van der Waals surface area contributed by atoms with Crippen molar-refractivity contribution in [1.29, 1.82) is 0 Å². The van der Waals surface area contributed by atoms with Crippen LogP contribution in [0.3, 0.4) is 0 Å². The highest BCUT2D eigenvalue weighted by Crippen LogP contribution is 2.11. The van der Waals surface area contributed by atoms with Crippen LogP contribution in [0.4, 0.5) is 0 Å². The molecule has 1 aromatic carbocycles. The van der Waals surface area contributed by atoms with Crippen molar-refractivity contribution in [1.82, 2.24) is 10.2 Å². The normalized spacial score (nSPS) is 17.1. The SMILES string of the molecule is O=C(NCCCN1CCC(O)CC1)c1cccc(Cl)c1. The van der Waals surface area contributed by atoms with Gasteiger partial charge in [0.1, 0.15) is 0 Å². The van der Waals surface area contributed by atoms with E-state index in [9.17, 15) is 9.90 Å². The molecular weight excluding hydrogens is 276 g/mol. The lowest BCUT2D eigenvalue weighted by Crippen LogP contribution is -2.37. The van der Waals surface area contributed by atoms with Crippen LogP contribution in [0, 0.1) is 0 Å². The highest BCUT2D eigenvalue weighted by Gasteiger charge is 2.16. The summed E-state index contributed by atoms with van der Waals surface area (Å²) in [6.07, 6.45) is 2.50. The van der Waals surface area contributed by atoms with Crippen LogP contribution in [0.15, 0.2) is 24.3 Å². The Bertz CT molecular complexity index is 445. The Labute approximate surface area is 124 Å². The molecule has 0 spiro atoms. The summed E-state index contributed by atoms with van der Waals surface area (Å²) in [5.74, 6) is -0.0819. The van der Waals surface area contributed by atoms with Crippen molar-refractivity contribution in [2.24, 2.45) is 0 Å². The monoisotopic (exact) mass is 296 g/mol. The molecule has 0 aliphatic carbocycles. The topological polar surface area (TPSA) is 52.6 Å². The van der Waals surface area contributed by atoms with Crippen molar-refractivity contribution in [3.8, 4) is 0 Å². The zero-order valence-electron chi connectivity index (χ0n) is 11.5. The lowest BCUT2D eigenvalue weighted by atomic mass is 10.1. The Balaban J connectivity index is 1.64. The van der Waals surface area contributed by atoms with Gasteiger partial charge in [-0.2, -0.15) is 0 Å². The summed E-state index contributed by atoms with van der Waals surface area (Å²) < 4.78 is 0. The zero-order chi connectivity index (χ0) is 14.4. The number of hydrogen-bond donors (Lipinski definition) is 2. The highest BCUT2D eigenvalue weighted by molar-refractivity contribution is 6.30. The minimum absolute atomic E-state index is 0.0819. The second kappa shape index (κ2) is 7.62. The number of benzene rings is 1. The molecule has 1 fully saturated rings. The highest BCUT2D eigenvalue weighted by atomic mass is 35.5. The Morgan fingerprint density at radius 1 is 1.40 bits per heavy atom. The summed E-state index contributed by atoms with van der Waals surface area (Å²) in [6.45, 7) is 3.51. The first-order valence-corrected chi connectivity index (χ1v) is 7.47. The third-order valence-corrected chi connectivity index (χ3v) is 3.82. The first-order valence-electron chi connectivity index (χ1n) is 7.09. The van der Waals surface area contributed by atoms with Gasteiger partial charge in [0.15, 0.2) is 0 Å². The lowest BCUT2D eigenvalue weighted by Gasteiger charge is -2.29. The van der Waals surface area contributed by atoms with Crippen molar-refractivity contribution in [3.63, 3.8) is 0 Å². The van der Waals surface area contributed by atoms with Crippen LogP contribution in [0.1, 0.15) is 29.6 Å². The van der Waals surface area contributed by atoms with Crippen molar-refractivity contribution >= 4 is 17.5 Å². The number of aliphatic hydroxyl groups excluding tert-OH is 1. The quantitative estimate of drug-likeness (QED) is 0.816. The number of nitrogens with zero attached hydrogens (tertiary/aromatic N) is 1. The number of hydrogen-bond acceptors (Lipinski definition) is 3. The van der Waals surface area contributed by atoms with Crippen molar-refractivity contribution in [2.75, 3.05) is 26.2 Å². The summed E-state index contributed by atoms with van der Waals surface area (Å²) in [5, 5.41) is 12.9. The minimum atomic E-state index is -0.131. The van der Waals surface area contributed by atoms with E-state index in [2.05, 4.69) is 10.2 Å². The Morgan fingerprint density at radius 2 is 2.15 bits per heavy atom. The predicted octanol–water partition coefficient (Wildman–Crippen LogP) is 1.92. The molecule has 110 valence electrons. The molecule has 5 heteroatoms. The Kier molecular flexibility index (Phi) is 5.83. The average molecular weight is 297 g/mol. The molecule has 2 rings (SSSR count). The smallest absolute Gasteiger partial charge is 0.251 e. The molecule has 0 unspecified atom stereocenters. The summed E-state index contributed by atoms with van der Waals surface area (Å²) in [6, 6.07) is 6.95. The molecule has 4 nitrogen and oxygen atoms in total. The standard InChI is InChI=1S/C15H21ClN2O2/c16-13-4-1-3-12(11-13)15(20)17-7-2-8-18-9-5-14(19)6-10-18/h1,3-4,11,14,19H,2,5-10H2,(H,17,20). The molecule has 1 aromatic rings. The van der Waals surface area contributed by atoms with Gasteiger partial charge in [-0.05, 0) is 44.0 Å². The molecule has 1 aliphatic heterocycles. The largest absolute Gasteiger partial charge is 0.393 e. The van der Waals surface area contributed by atoms with E-state index in [0.29, 0.717) is 17.1 Å². The molecule has 1 saturated heterocycles. The van der Waals surface area contributed by atoms with E-state index in [1.807, 2.05) is 0 Å². The van der Waals surface area contributed by atoms with Gasteiger partial charge >= 0.3 is 0 Å². The second-order valence-electron chi connectivity index (χ2n) is 5.19. The van der Waals surface area contributed by atoms with E-state index >= 15 is 0 Å². The number of aliphatic hydroxyl groups is 1. The number of piperidine rings is 1. The number of carbonyl (C=O) groups excluding carboxylic acids is 1. The third-order valence-electron chi connectivity index (χ3n) is 3.58. The molecule has 0 atom stereocenters. The first kappa shape index (κ1) is 15.3. The van der Waals surface area contributed by atoms with E-state index in [4.69, 9.17) is 11.6 Å². The van der Waals surface area contributed by atoms with Crippen molar-refractivity contribution in [3.05, 3.63) is 34.9 Å². The number of carbonyl (C=O) groups is 1. The lowest BCUT2D eigenvalue weighted by molar-refractivity contribution is 0.0816.